The highest BCUT2D eigenvalue weighted by atomic mass is 16.3. The van der Waals surface area contributed by atoms with Crippen LogP contribution in [0.25, 0.3) is 0 Å². The lowest BCUT2D eigenvalue weighted by molar-refractivity contribution is -0.134. The highest BCUT2D eigenvalue weighted by Gasteiger charge is 2.65. The molecule has 0 amide bonds. The molecule has 4 nitrogen and oxygen atoms in total. The van der Waals surface area contributed by atoms with Gasteiger partial charge in [-0.1, -0.05) is 24.5 Å². The summed E-state index contributed by atoms with van der Waals surface area (Å²) in [6.45, 7) is 2.16. The molecule has 0 radical (unpaired) electrons. The van der Waals surface area contributed by atoms with Crippen molar-refractivity contribution in [3.05, 3.63) is 11.6 Å². The minimum absolute atomic E-state index is 0.0206. The van der Waals surface area contributed by atoms with Crippen molar-refractivity contribution in [1.82, 2.24) is 0 Å². The lowest BCUT2D eigenvalue weighted by Gasteiger charge is -2.59. The molecule has 4 aliphatic carbocycles. The van der Waals surface area contributed by atoms with E-state index in [4.69, 9.17) is 6.42 Å². The van der Waals surface area contributed by atoms with E-state index in [1.807, 2.05) is 6.08 Å². The van der Waals surface area contributed by atoms with E-state index in [2.05, 4.69) is 12.8 Å². The summed E-state index contributed by atoms with van der Waals surface area (Å²) < 4.78 is 0. The van der Waals surface area contributed by atoms with Gasteiger partial charge in [0.1, 0.15) is 5.60 Å². The zero-order chi connectivity index (χ0) is 18.0. The van der Waals surface area contributed by atoms with Crippen molar-refractivity contribution in [2.24, 2.45) is 28.6 Å². The van der Waals surface area contributed by atoms with Crippen LogP contribution in [0.4, 0.5) is 0 Å². The second-order valence-corrected chi connectivity index (χ2v) is 9.18. The Morgan fingerprint density at radius 3 is 2.56 bits per heavy atom. The SMILES string of the molecule is C#CC1(O)CC[C@H]2[C@@H]3C(O)C=C4CC(O)CC[C@]4(CO)[C@@H]3CC[C@@]21C. The number of aliphatic hydroxyl groups is 4. The van der Waals surface area contributed by atoms with Gasteiger partial charge in [-0.2, -0.15) is 0 Å². The van der Waals surface area contributed by atoms with E-state index in [0.717, 1.165) is 31.3 Å². The van der Waals surface area contributed by atoms with Gasteiger partial charge >= 0.3 is 0 Å². The Hall–Kier alpha value is -0.860. The fourth-order valence-corrected chi connectivity index (χ4v) is 6.99. The molecular weight excluding hydrogens is 316 g/mol. The summed E-state index contributed by atoms with van der Waals surface area (Å²) in [5.41, 5.74) is -0.751. The lowest BCUT2D eigenvalue weighted by Crippen LogP contribution is -2.58. The van der Waals surface area contributed by atoms with E-state index in [1.54, 1.807) is 0 Å². The Balaban J connectivity index is 1.77. The van der Waals surface area contributed by atoms with Crippen LogP contribution in [-0.2, 0) is 0 Å². The Morgan fingerprint density at radius 2 is 1.88 bits per heavy atom. The minimum Gasteiger partial charge on any atom is -0.395 e. The molecule has 3 fully saturated rings. The van der Waals surface area contributed by atoms with Crippen LogP contribution in [0.5, 0.6) is 0 Å². The smallest absolute Gasteiger partial charge is 0.130 e. The second-order valence-electron chi connectivity index (χ2n) is 9.18. The van der Waals surface area contributed by atoms with Gasteiger partial charge in [0.15, 0.2) is 0 Å². The molecule has 0 aromatic carbocycles. The van der Waals surface area contributed by atoms with Gasteiger partial charge in [0, 0.05) is 10.8 Å². The van der Waals surface area contributed by atoms with E-state index in [9.17, 15) is 20.4 Å². The monoisotopic (exact) mass is 346 g/mol. The molecule has 4 N–H and O–H groups in total. The molecule has 0 saturated heterocycles. The molecule has 0 aromatic rings. The first kappa shape index (κ1) is 17.5. The van der Waals surface area contributed by atoms with Crippen LogP contribution in [0, 0.1) is 40.9 Å². The number of aliphatic hydroxyl groups excluding tert-OH is 3. The Bertz CT molecular complexity index is 636. The molecule has 138 valence electrons. The lowest BCUT2D eigenvalue weighted by atomic mass is 9.46. The molecule has 8 atom stereocenters. The van der Waals surface area contributed by atoms with Crippen molar-refractivity contribution in [3.8, 4) is 12.3 Å². The minimum atomic E-state index is -1.10. The molecule has 4 heteroatoms. The van der Waals surface area contributed by atoms with Crippen LogP contribution in [-0.4, -0.2) is 44.8 Å². The van der Waals surface area contributed by atoms with Crippen molar-refractivity contribution in [1.29, 1.82) is 0 Å². The van der Waals surface area contributed by atoms with Gasteiger partial charge in [-0.3, -0.25) is 0 Å². The zero-order valence-corrected chi connectivity index (χ0v) is 15.0. The highest BCUT2D eigenvalue weighted by molar-refractivity contribution is 5.31. The molecule has 3 saturated carbocycles. The Morgan fingerprint density at radius 1 is 1.16 bits per heavy atom. The van der Waals surface area contributed by atoms with Crippen LogP contribution in [0.3, 0.4) is 0 Å². The largest absolute Gasteiger partial charge is 0.395 e. The zero-order valence-electron chi connectivity index (χ0n) is 15.0. The van der Waals surface area contributed by atoms with E-state index in [-0.39, 0.29) is 41.3 Å². The van der Waals surface area contributed by atoms with Crippen molar-refractivity contribution in [2.45, 2.75) is 69.7 Å². The molecule has 0 heterocycles. The number of hydrogen-bond acceptors (Lipinski definition) is 4. The van der Waals surface area contributed by atoms with Crippen LogP contribution in [0.2, 0.25) is 0 Å². The quantitative estimate of drug-likeness (QED) is 0.430. The summed E-state index contributed by atoms with van der Waals surface area (Å²) in [5, 5.41) is 42.4. The fourth-order valence-electron chi connectivity index (χ4n) is 6.99. The van der Waals surface area contributed by atoms with E-state index < -0.39 is 11.7 Å². The number of hydrogen-bond donors (Lipinski definition) is 4. The maximum Gasteiger partial charge on any atom is 0.130 e. The van der Waals surface area contributed by atoms with Gasteiger partial charge in [-0.25, -0.2) is 0 Å². The van der Waals surface area contributed by atoms with Gasteiger partial charge < -0.3 is 20.4 Å². The van der Waals surface area contributed by atoms with Crippen LogP contribution >= 0.6 is 0 Å². The normalized spacial score (nSPS) is 54.7. The maximum atomic E-state index is 11.0. The summed E-state index contributed by atoms with van der Waals surface area (Å²) in [6, 6.07) is 0. The van der Waals surface area contributed by atoms with E-state index >= 15 is 0 Å². The van der Waals surface area contributed by atoms with Gasteiger partial charge in [0.25, 0.3) is 0 Å². The second kappa shape index (κ2) is 5.57. The van der Waals surface area contributed by atoms with Crippen molar-refractivity contribution >= 4 is 0 Å². The van der Waals surface area contributed by atoms with E-state index in [1.165, 1.54) is 0 Å². The third-order valence-electron chi connectivity index (χ3n) is 8.50. The molecule has 0 spiro atoms. The Kier molecular flexibility index (Phi) is 3.91. The first-order chi connectivity index (χ1) is 11.8. The van der Waals surface area contributed by atoms with Crippen LogP contribution in [0.1, 0.15) is 51.9 Å². The molecule has 0 aromatic heterocycles. The van der Waals surface area contributed by atoms with E-state index in [0.29, 0.717) is 19.3 Å². The third-order valence-corrected chi connectivity index (χ3v) is 8.50. The molecular formula is C21H30O4. The predicted molar refractivity (Wildman–Crippen MR) is 94.3 cm³/mol. The summed E-state index contributed by atoms with van der Waals surface area (Å²) >= 11 is 0. The first-order valence-electron chi connectivity index (χ1n) is 9.70. The average Bonchev–Trinajstić information content (AvgIpc) is 2.87. The number of terminal acetylenes is 1. The predicted octanol–water partition coefficient (Wildman–Crippen LogP) is 1.62. The summed E-state index contributed by atoms with van der Waals surface area (Å²) in [6.07, 6.45) is 11.7. The van der Waals surface area contributed by atoms with Crippen molar-refractivity contribution in [3.63, 3.8) is 0 Å². The molecule has 3 unspecified atom stereocenters. The maximum absolute atomic E-state index is 11.0. The topological polar surface area (TPSA) is 80.9 Å². The molecule has 4 rings (SSSR count). The van der Waals surface area contributed by atoms with Gasteiger partial charge in [0.05, 0.1) is 18.8 Å². The third kappa shape index (κ3) is 2.10. The molecule has 0 bridgehead atoms. The van der Waals surface area contributed by atoms with Gasteiger partial charge in [-0.05, 0) is 62.7 Å². The first-order valence-corrected chi connectivity index (χ1v) is 9.70. The van der Waals surface area contributed by atoms with Gasteiger partial charge in [0.2, 0.25) is 0 Å². The van der Waals surface area contributed by atoms with Gasteiger partial charge in [-0.15, -0.1) is 6.42 Å². The number of rotatable bonds is 1. The summed E-state index contributed by atoms with van der Waals surface area (Å²) in [5.74, 6) is 3.03. The standard InChI is InChI=1S/C21H30O4/c1-3-21(25)9-6-15-18-16(5-7-19(15,21)2)20(12-22)8-4-14(23)10-13(20)11-17(18)24/h1,11,14-18,22-25H,4-10,12H2,2H3/t14?,15-,16+,17?,18-,19-,20+,21?/m0/s1. The van der Waals surface area contributed by atoms with Crippen LogP contribution < -0.4 is 0 Å². The molecule has 4 aliphatic rings. The molecule has 25 heavy (non-hydrogen) atoms. The number of fused-ring (bicyclic) bond motifs is 5. The Labute approximate surface area is 150 Å². The van der Waals surface area contributed by atoms with Crippen molar-refractivity contribution < 1.29 is 20.4 Å². The fraction of sp³-hybridized carbons (Fsp3) is 0.810. The average molecular weight is 346 g/mol. The van der Waals surface area contributed by atoms with Crippen LogP contribution in [0.15, 0.2) is 11.6 Å². The summed E-state index contributed by atoms with van der Waals surface area (Å²) in [4.78, 5) is 0. The molecule has 0 aliphatic heterocycles. The summed E-state index contributed by atoms with van der Waals surface area (Å²) in [7, 11) is 0. The highest BCUT2D eigenvalue weighted by Crippen LogP contribution is 2.66. The van der Waals surface area contributed by atoms with Crippen molar-refractivity contribution in [2.75, 3.05) is 6.61 Å².